The van der Waals surface area contributed by atoms with E-state index >= 15 is 0 Å². The summed E-state index contributed by atoms with van der Waals surface area (Å²) in [7, 11) is 0. The van der Waals surface area contributed by atoms with Crippen LogP contribution in [0.25, 0.3) is 0 Å². The van der Waals surface area contributed by atoms with Crippen molar-refractivity contribution in [3.8, 4) is 0 Å². The van der Waals surface area contributed by atoms with Crippen molar-refractivity contribution >= 4 is 17.3 Å². The number of nitrogens with zero attached hydrogens (tertiary/aromatic N) is 2. The van der Waals surface area contributed by atoms with E-state index in [2.05, 4.69) is 24.2 Å². The largest absolute Gasteiger partial charge is 0.462 e. The number of thiophene rings is 1. The zero-order valence-corrected chi connectivity index (χ0v) is 13.4. The van der Waals surface area contributed by atoms with E-state index in [9.17, 15) is 4.79 Å². The third kappa shape index (κ3) is 3.51. The molecule has 2 aromatic heterocycles. The van der Waals surface area contributed by atoms with Crippen molar-refractivity contribution in [1.29, 1.82) is 0 Å². The molecule has 2 heterocycles. The molecule has 0 fully saturated rings. The summed E-state index contributed by atoms with van der Waals surface area (Å²) in [6.07, 6.45) is 4.08. The van der Waals surface area contributed by atoms with Gasteiger partial charge < -0.3 is 10.5 Å². The van der Waals surface area contributed by atoms with Crippen LogP contribution in [0.4, 0.5) is 0 Å². The molecule has 0 aliphatic heterocycles. The van der Waals surface area contributed by atoms with Crippen LogP contribution in [0.15, 0.2) is 24.5 Å². The Morgan fingerprint density at radius 2 is 2.24 bits per heavy atom. The third-order valence-electron chi connectivity index (χ3n) is 3.33. The van der Waals surface area contributed by atoms with Gasteiger partial charge in [0.05, 0.1) is 18.4 Å². The summed E-state index contributed by atoms with van der Waals surface area (Å²) >= 11 is 1.71. The fraction of sp³-hybridized carbons (Fsp3) is 0.467. The van der Waals surface area contributed by atoms with Crippen LogP contribution >= 0.6 is 11.3 Å². The number of aryl methyl sites for hydroxylation is 1. The van der Waals surface area contributed by atoms with E-state index in [0.29, 0.717) is 12.2 Å². The zero-order chi connectivity index (χ0) is 15.4. The van der Waals surface area contributed by atoms with Crippen LogP contribution < -0.4 is 5.73 Å². The van der Waals surface area contributed by atoms with E-state index in [-0.39, 0.29) is 18.1 Å². The molecule has 6 heteroatoms. The van der Waals surface area contributed by atoms with Gasteiger partial charge in [0, 0.05) is 22.0 Å². The quantitative estimate of drug-likeness (QED) is 0.833. The molecule has 0 aliphatic carbocycles. The zero-order valence-electron chi connectivity index (χ0n) is 12.6. The second-order valence-corrected chi connectivity index (χ2v) is 6.21. The predicted molar refractivity (Wildman–Crippen MR) is 83.6 cm³/mol. The minimum Gasteiger partial charge on any atom is -0.462 e. The number of carbonyl (C=O) groups is 1. The number of ether oxygens (including phenoxy) is 1. The summed E-state index contributed by atoms with van der Waals surface area (Å²) in [6, 6.07) is 4.03. The average molecular weight is 307 g/mol. The van der Waals surface area contributed by atoms with Crippen molar-refractivity contribution < 1.29 is 9.53 Å². The third-order valence-corrected chi connectivity index (χ3v) is 4.40. The number of esters is 1. The van der Waals surface area contributed by atoms with E-state index in [1.807, 2.05) is 6.92 Å². The lowest BCUT2D eigenvalue weighted by Crippen LogP contribution is -2.32. The normalized spacial score (nSPS) is 13.9. The second kappa shape index (κ2) is 6.87. The Bertz CT molecular complexity index is 606. The average Bonchev–Trinajstić information content (AvgIpc) is 3.09. The molecule has 0 radical (unpaired) electrons. The number of hydrogen-bond donors (Lipinski definition) is 1. The van der Waals surface area contributed by atoms with Crippen LogP contribution in [-0.2, 0) is 4.74 Å². The summed E-state index contributed by atoms with van der Waals surface area (Å²) < 4.78 is 6.77. The molecule has 2 unspecified atom stereocenters. The van der Waals surface area contributed by atoms with Crippen molar-refractivity contribution in [2.24, 2.45) is 5.73 Å². The van der Waals surface area contributed by atoms with Crippen molar-refractivity contribution in [3.05, 3.63) is 39.8 Å². The number of hydrogen-bond acceptors (Lipinski definition) is 5. The molecule has 0 aliphatic rings. The molecular weight excluding hydrogens is 286 g/mol. The molecule has 21 heavy (non-hydrogen) atoms. The van der Waals surface area contributed by atoms with E-state index in [0.717, 1.165) is 11.3 Å². The van der Waals surface area contributed by atoms with Crippen LogP contribution in [0.1, 0.15) is 46.4 Å². The molecule has 2 atom stereocenters. The Morgan fingerprint density at radius 1 is 1.48 bits per heavy atom. The standard InChI is InChI=1S/C15H21N3O2S/c1-4-12(16)14(13-7-6-10(3)21-13)18-9-11(8-17-18)15(19)20-5-2/h6-9,12,14H,4-5,16H2,1-3H3. The summed E-state index contributed by atoms with van der Waals surface area (Å²) in [6.45, 7) is 6.25. The van der Waals surface area contributed by atoms with Gasteiger partial charge in [-0.05, 0) is 32.4 Å². The first-order valence-corrected chi connectivity index (χ1v) is 7.91. The molecule has 0 aromatic carbocycles. The molecule has 114 valence electrons. The summed E-state index contributed by atoms with van der Waals surface area (Å²) in [4.78, 5) is 14.1. The Balaban J connectivity index is 2.32. The fourth-order valence-electron chi connectivity index (χ4n) is 2.18. The molecule has 0 bridgehead atoms. The van der Waals surface area contributed by atoms with Gasteiger partial charge in [-0.25, -0.2) is 4.79 Å². The molecule has 0 amide bonds. The van der Waals surface area contributed by atoms with Gasteiger partial charge >= 0.3 is 5.97 Å². The Morgan fingerprint density at radius 3 is 2.81 bits per heavy atom. The maximum Gasteiger partial charge on any atom is 0.341 e. The topological polar surface area (TPSA) is 70.1 Å². The second-order valence-electron chi connectivity index (χ2n) is 4.89. The molecule has 0 spiro atoms. The Hall–Kier alpha value is -1.66. The number of carbonyl (C=O) groups excluding carboxylic acids is 1. The van der Waals surface area contributed by atoms with Crippen molar-refractivity contribution in [2.75, 3.05) is 6.61 Å². The Labute approximate surface area is 128 Å². The van der Waals surface area contributed by atoms with Crippen molar-refractivity contribution in [2.45, 2.75) is 39.3 Å². The van der Waals surface area contributed by atoms with Gasteiger partial charge in [0.25, 0.3) is 0 Å². The lowest BCUT2D eigenvalue weighted by atomic mass is 10.1. The van der Waals surface area contributed by atoms with E-state index < -0.39 is 0 Å². The molecule has 2 rings (SSSR count). The first-order chi connectivity index (χ1) is 10.1. The van der Waals surface area contributed by atoms with Gasteiger partial charge in [0.1, 0.15) is 6.04 Å². The lowest BCUT2D eigenvalue weighted by Gasteiger charge is -2.22. The summed E-state index contributed by atoms with van der Waals surface area (Å²) in [5, 5.41) is 4.32. The van der Waals surface area contributed by atoms with Crippen LogP contribution in [0.5, 0.6) is 0 Å². The monoisotopic (exact) mass is 307 g/mol. The first-order valence-electron chi connectivity index (χ1n) is 7.10. The summed E-state index contributed by atoms with van der Waals surface area (Å²) in [5.74, 6) is -0.352. The van der Waals surface area contributed by atoms with E-state index in [1.165, 1.54) is 11.1 Å². The van der Waals surface area contributed by atoms with Gasteiger partial charge in [-0.1, -0.05) is 6.92 Å². The molecular formula is C15H21N3O2S. The number of aromatic nitrogens is 2. The van der Waals surface area contributed by atoms with Crippen LogP contribution in [0.2, 0.25) is 0 Å². The maximum absolute atomic E-state index is 11.8. The fourth-order valence-corrected chi connectivity index (χ4v) is 3.23. The number of rotatable bonds is 6. The van der Waals surface area contributed by atoms with Gasteiger partial charge in [-0.15, -0.1) is 11.3 Å². The van der Waals surface area contributed by atoms with Gasteiger partial charge in [0.15, 0.2) is 0 Å². The maximum atomic E-state index is 11.8. The van der Waals surface area contributed by atoms with Gasteiger partial charge in [-0.2, -0.15) is 5.10 Å². The van der Waals surface area contributed by atoms with Gasteiger partial charge in [-0.3, -0.25) is 4.68 Å². The first kappa shape index (κ1) is 15.7. The molecule has 2 aromatic rings. The summed E-state index contributed by atoms with van der Waals surface area (Å²) in [5.41, 5.74) is 6.72. The highest BCUT2D eigenvalue weighted by Gasteiger charge is 2.24. The molecule has 2 N–H and O–H groups in total. The van der Waals surface area contributed by atoms with Gasteiger partial charge in [0.2, 0.25) is 0 Å². The highest BCUT2D eigenvalue weighted by molar-refractivity contribution is 7.12. The Kier molecular flexibility index (Phi) is 5.14. The van der Waals surface area contributed by atoms with E-state index in [1.54, 1.807) is 29.1 Å². The van der Waals surface area contributed by atoms with Crippen molar-refractivity contribution in [1.82, 2.24) is 9.78 Å². The predicted octanol–water partition coefficient (Wildman–Crippen LogP) is 2.76. The minimum absolute atomic E-state index is 0.0574. The molecule has 0 saturated heterocycles. The van der Waals surface area contributed by atoms with Crippen LogP contribution in [0.3, 0.4) is 0 Å². The van der Waals surface area contributed by atoms with Crippen LogP contribution in [0, 0.1) is 6.92 Å². The molecule has 5 nitrogen and oxygen atoms in total. The van der Waals surface area contributed by atoms with Crippen LogP contribution in [-0.4, -0.2) is 28.4 Å². The lowest BCUT2D eigenvalue weighted by molar-refractivity contribution is 0.0526. The minimum atomic E-state index is -0.352. The van der Waals surface area contributed by atoms with Crippen molar-refractivity contribution in [3.63, 3.8) is 0 Å². The smallest absolute Gasteiger partial charge is 0.341 e. The highest BCUT2D eigenvalue weighted by atomic mass is 32.1. The SMILES string of the molecule is CCOC(=O)c1cnn(C(c2ccc(C)s2)C(N)CC)c1. The molecule has 0 saturated carbocycles. The highest BCUT2D eigenvalue weighted by Crippen LogP contribution is 2.29. The van der Waals surface area contributed by atoms with E-state index in [4.69, 9.17) is 10.5 Å². The number of nitrogens with two attached hydrogens (primary N) is 1.